The summed E-state index contributed by atoms with van der Waals surface area (Å²) < 4.78 is 15.1. The minimum atomic E-state index is -1.19. The van der Waals surface area contributed by atoms with Crippen LogP contribution < -0.4 is 10.0 Å². The highest BCUT2D eigenvalue weighted by molar-refractivity contribution is 7.83. The first-order valence-electron chi connectivity index (χ1n) is 12.0. The molecule has 1 fully saturated rings. The maximum Gasteiger partial charge on any atom is 0.0944 e. The standard InChI is InChI=1S/C27H38N2O2S/c1-20-7-11-23(12-8-20)27(14-5-15-27)25-24-18-21(9-10-22(24)13-17-28-25)6-4-16-29-32(31)19-26(2,3)30/h7-12,18,25,28-30H,4-6,13-17,19H2,1-3H3. The molecule has 2 aromatic carbocycles. The van der Waals surface area contributed by atoms with Crippen molar-refractivity contribution in [3.8, 4) is 0 Å². The van der Waals surface area contributed by atoms with Crippen molar-refractivity contribution < 1.29 is 9.32 Å². The number of rotatable bonds is 9. The largest absolute Gasteiger partial charge is 0.389 e. The molecule has 1 aliphatic heterocycles. The lowest BCUT2D eigenvalue weighted by atomic mass is 9.57. The van der Waals surface area contributed by atoms with Crippen molar-refractivity contribution >= 4 is 11.0 Å². The number of hydrogen-bond donors (Lipinski definition) is 3. The van der Waals surface area contributed by atoms with Crippen LogP contribution in [0.2, 0.25) is 0 Å². The van der Waals surface area contributed by atoms with E-state index in [4.69, 9.17) is 0 Å². The summed E-state index contributed by atoms with van der Waals surface area (Å²) in [5.74, 6) is 0.250. The molecule has 1 aliphatic carbocycles. The predicted octanol–water partition coefficient (Wildman–Crippen LogP) is 4.26. The fourth-order valence-corrected chi connectivity index (χ4v) is 6.40. The topological polar surface area (TPSA) is 61.4 Å². The lowest BCUT2D eigenvalue weighted by Crippen LogP contribution is -2.49. The van der Waals surface area contributed by atoms with Gasteiger partial charge in [0.2, 0.25) is 0 Å². The molecule has 0 bridgehead atoms. The number of hydrogen-bond acceptors (Lipinski definition) is 3. The van der Waals surface area contributed by atoms with Gasteiger partial charge in [0.15, 0.2) is 0 Å². The number of aryl methyl sites for hydroxylation is 2. The molecule has 0 amide bonds. The zero-order chi connectivity index (χ0) is 22.8. The highest BCUT2D eigenvalue weighted by Gasteiger charge is 2.47. The van der Waals surface area contributed by atoms with Crippen LogP contribution in [0.15, 0.2) is 42.5 Å². The molecule has 0 aromatic heterocycles. The lowest BCUT2D eigenvalue weighted by molar-refractivity contribution is 0.106. The van der Waals surface area contributed by atoms with Crippen LogP contribution in [-0.2, 0) is 29.2 Å². The van der Waals surface area contributed by atoms with Crippen molar-refractivity contribution in [2.24, 2.45) is 0 Å². The van der Waals surface area contributed by atoms with Gasteiger partial charge in [0.1, 0.15) is 0 Å². The highest BCUT2D eigenvalue weighted by Crippen LogP contribution is 2.53. The smallest absolute Gasteiger partial charge is 0.0944 e. The summed E-state index contributed by atoms with van der Waals surface area (Å²) in [6.07, 6.45) is 6.77. The quantitative estimate of drug-likeness (QED) is 0.496. The fraction of sp³-hybridized carbons (Fsp3) is 0.556. The van der Waals surface area contributed by atoms with Gasteiger partial charge in [-0.25, -0.2) is 8.93 Å². The van der Waals surface area contributed by atoms with E-state index in [2.05, 4.69) is 59.4 Å². The molecule has 0 spiro atoms. The molecule has 32 heavy (non-hydrogen) atoms. The SMILES string of the molecule is Cc1ccc(C2(C3NCCc4ccc(CCCNS(=O)CC(C)(C)O)cc43)CCC2)cc1. The third-order valence-electron chi connectivity index (χ3n) is 7.08. The summed E-state index contributed by atoms with van der Waals surface area (Å²) >= 11 is 0. The summed E-state index contributed by atoms with van der Waals surface area (Å²) in [6.45, 7) is 7.27. The first kappa shape index (κ1) is 23.6. The molecule has 3 N–H and O–H groups in total. The van der Waals surface area contributed by atoms with Crippen LogP contribution in [0.4, 0.5) is 0 Å². The van der Waals surface area contributed by atoms with Crippen LogP contribution in [-0.4, -0.2) is 33.8 Å². The lowest BCUT2D eigenvalue weighted by Gasteiger charge is -2.50. The molecule has 4 rings (SSSR count). The molecule has 2 aliphatic rings. The molecule has 2 aromatic rings. The molecule has 1 heterocycles. The van der Waals surface area contributed by atoms with Crippen LogP contribution in [0.1, 0.15) is 73.4 Å². The number of fused-ring (bicyclic) bond motifs is 1. The Morgan fingerprint density at radius 2 is 1.94 bits per heavy atom. The molecule has 2 unspecified atom stereocenters. The van der Waals surface area contributed by atoms with E-state index in [-0.39, 0.29) is 11.2 Å². The molecular weight excluding hydrogens is 416 g/mol. The van der Waals surface area contributed by atoms with E-state index in [0.29, 0.717) is 12.6 Å². The Balaban J connectivity index is 1.45. The predicted molar refractivity (Wildman–Crippen MR) is 133 cm³/mol. The van der Waals surface area contributed by atoms with Crippen molar-refractivity contribution in [3.05, 3.63) is 70.3 Å². The van der Waals surface area contributed by atoms with E-state index >= 15 is 0 Å². The Morgan fingerprint density at radius 3 is 2.59 bits per heavy atom. The summed E-state index contributed by atoms with van der Waals surface area (Å²) in [5, 5.41) is 13.7. The summed E-state index contributed by atoms with van der Waals surface area (Å²) in [7, 11) is -1.19. The molecule has 0 saturated heterocycles. The molecular formula is C27H38N2O2S. The average molecular weight is 455 g/mol. The van der Waals surface area contributed by atoms with Gasteiger partial charge >= 0.3 is 0 Å². The molecule has 174 valence electrons. The van der Waals surface area contributed by atoms with Gasteiger partial charge in [0.05, 0.1) is 22.3 Å². The van der Waals surface area contributed by atoms with Crippen LogP contribution in [0.3, 0.4) is 0 Å². The van der Waals surface area contributed by atoms with E-state index in [1.54, 1.807) is 13.8 Å². The van der Waals surface area contributed by atoms with E-state index in [1.807, 2.05) is 0 Å². The van der Waals surface area contributed by atoms with Gasteiger partial charge in [-0.1, -0.05) is 54.4 Å². The zero-order valence-corrected chi connectivity index (χ0v) is 20.6. The third kappa shape index (κ3) is 5.33. The van der Waals surface area contributed by atoms with Crippen molar-refractivity contribution in [3.63, 3.8) is 0 Å². The summed E-state index contributed by atoms with van der Waals surface area (Å²) in [5.41, 5.74) is 6.41. The summed E-state index contributed by atoms with van der Waals surface area (Å²) in [6, 6.07) is 16.6. The fourth-order valence-electron chi connectivity index (χ4n) is 5.29. The first-order valence-corrected chi connectivity index (χ1v) is 13.4. The van der Waals surface area contributed by atoms with Gasteiger partial charge in [0.25, 0.3) is 0 Å². The normalized spacial score (nSPS) is 20.9. The van der Waals surface area contributed by atoms with Crippen LogP contribution in [0.5, 0.6) is 0 Å². The van der Waals surface area contributed by atoms with E-state index in [9.17, 15) is 9.32 Å². The van der Waals surface area contributed by atoms with E-state index in [1.165, 1.54) is 47.1 Å². The van der Waals surface area contributed by atoms with Crippen LogP contribution in [0, 0.1) is 6.92 Å². The van der Waals surface area contributed by atoms with Gasteiger partial charge in [0, 0.05) is 18.0 Å². The second kappa shape index (κ2) is 9.76. The summed E-state index contributed by atoms with van der Waals surface area (Å²) in [4.78, 5) is 0. The maximum atomic E-state index is 12.0. The third-order valence-corrected chi connectivity index (χ3v) is 8.57. The van der Waals surface area contributed by atoms with Crippen LogP contribution >= 0.6 is 0 Å². The Hall–Kier alpha value is -1.53. The number of nitrogens with one attached hydrogen (secondary N) is 2. The number of aliphatic hydroxyl groups is 1. The minimum absolute atomic E-state index is 0.205. The second-order valence-corrected chi connectivity index (χ2v) is 11.6. The van der Waals surface area contributed by atoms with Gasteiger partial charge in [-0.2, -0.15) is 0 Å². The Labute approximate surface area is 195 Å². The number of benzene rings is 2. The maximum absolute atomic E-state index is 12.0. The van der Waals surface area contributed by atoms with Crippen molar-refractivity contribution in [1.82, 2.24) is 10.0 Å². The van der Waals surface area contributed by atoms with Crippen molar-refractivity contribution in [1.29, 1.82) is 0 Å². The Bertz CT molecular complexity index is 945. The van der Waals surface area contributed by atoms with E-state index in [0.717, 1.165) is 25.8 Å². The Morgan fingerprint density at radius 1 is 1.19 bits per heavy atom. The minimum Gasteiger partial charge on any atom is -0.389 e. The van der Waals surface area contributed by atoms with Crippen molar-refractivity contribution in [2.75, 3.05) is 18.8 Å². The average Bonchev–Trinajstić information content (AvgIpc) is 2.71. The molecule has 5 heteroatoms. The van der Waals surface area contributed by atoms with Gasteiger partial charge in [-0.15, -0.1) is 0 Å². The van der Waals surface area contributed by atoms with E-state index < -0.39 is 16.6 Å². The molecule has 0 radical (unpaired) electrons. The molecule has 4 nitrogen and oxygen atoms in total. The molecule has 1 saturated carbocycles. The van der Waals surface area contributed by atoms with Gasteiger partial charge < -0.3 is 10.4 Å². The van der Waals surface area contributed by atoms with Gasteiger partial charge in [-0.05, 0) is 81.7 Å². The monoisotopic (exact) mass is 454 g/mol. The first-order chi connectivity index (χ1) is 15.3. The second-order valence-electron chi connectivity index (χ2n) is 10.3. The Kier molecular flexibility index (Phi) is 7.21. The van der Waals surface area contributed by atoms with Crippen molar-refractivity contribution in [2.45, 2.75) is 76.4 Å². The highest BCUT2D eigenvalue weighted by atomic mass is 32.2. The van der Waals surface area contributed by atoms with Gasteiger partial charge in [-0.3, -0.25) is 0 Å². The zero-order valence-electron chi connectivity index (χ0n) is 19.7. The molecule has 2 atom stereocenters. The van der Waals surface area contributed by atoms with Crippen LogP contribution in [0.25, 0.3) is 0 Å².